The van der Waals surface area contributed by atoms with Crippen molar-refractivity contribution in [1.82, 2.24) is 9.55 Å². The number of aromatic nitrogens is 2. The van der Waals surface area contributed by atoms with Gasteiger partial charge in [0.25, 0.3) is 0 Å². The molecule has 0 fully saturated rings. The molecule has 1 heterocycles. The molecule has 1 aromatic heterocycles. The second kappa shape index (κ2) is 8.24. The van der Waals surface area contributed by atoms with Crippen LogP contribution in [0.5, 0.6) is 0 Å². The summed E-state index contributed by atoms with van der Waals surface area (Å²) in [5, 5.41) is 0. The van der Waals surface area contributed by atoms with Gasteiger partial charge >= 0.3 is 0 Å². The summed E-state index contributed by atoms with van der Waals surface area (Å²) in [4.78, 5) is 4.84. The summed E-state index contributed by atoms with van der Waals surface area (Å²) in [6, 6.07) is 8.60. The third-order valence-electron chi connectivity index (χ3n) is 4.77. The van der Waals surface area contributed by atoms with Gasteiger partial charge in [-0.15, -0.1) is 0 Å². The van der Waals surface area contributed by atoms with Gasteiger partial charge in [0.1, 0.15) is 10.5 Å². The highest BCUT2D eigenvalue weighted by Crippen LogP contribution is 2.27. The van der Waals surface area contributed by atoms with Crippen LogP contribution in [0.2, 0.25) is 0 Å². The van der Waals surface area contributed by atoms with Crippen molar-refractivity contribution in [3.8, 4) is 11.4 Å². The number of rotatable bonds is 6. The van der Waals surface area contributed by atoms with Crippen LogP contribution in [-0.2, 0) is 24.1 Å². The zero-order chi connectivity index (χ0) is 17.8. The van der Waals surface area contributed by atoms with Crippen molar-refractivity contribution in [2.24, 2.45) is 0 Å². The number of hydrogen-bond acceptors (Lipinski definition) is 3. The third-order valence-corrected chi connectivity index (χ3v) is 5.11. The topological polar surface area (TPSA) is 27.1 Å². The number of aryl methyl sites for hydroxylation is 1. The molecular weight excluding hydrogens is 328 g/mol. The average molecular weight is 357 g/mol. The van der Waals surface area contributed by atoms with Crippen LogP contribution < -0.4 is 0 Å². The van der Waals surface area contributed by atoms with Crippen LogP contribution in [0.15, 0.2) is 24.3 Å². The summed E-state index contributed by atoms with van der Waals surface area (Å²) < 4.78 is 8.93. The van der Waals surface area contributed by atoms with Crippen molar-refractivity contribution in [1.29, 1.82) is 0 Å². The first-order valence-corrected chi connectivity index (χ1v) is 9.78. The molecule has 0 spiro atoms. The van der Waals surface area contributed by atoms with Gasteiger partial charge in [0.15, 0.2) is 0 Å². The number of fused-ring (bicyclic) bond motifs is 1. The Morgan fingerprint density at radius 2 is 1.88 bits per heavy atom. The highest BCUT2D eigenvalue weighted by atomic mass is 32.1. The number of nitrogens with zero attached hydrogens (tertiary/aromatic N) is 2. The summed E-state index contributed by atoms with van der Waals surface area (Å²) in [7, 11) is 0. The summed E-state index contributed by atoms with van der Waals surface area (Å²) >= 11 is 5.63. The molecule has 1 aliphatic rings. The molecule has 0 atom stereocenters. The highest BCUT2D eigenvalue weighted by molar-refractivity contribution is 7.71. The van der Waals surface area contributed by atoms with E-state index in [4.69, 9.17) is 21.9 Å². The van der Waals surface area contributed by atoms with Crippen LogP contribution in [0.4, 0.5) is 0 Å². The van der Waals surface area contributed by atoms with E-state index in [0.29, 0.717) is 0 Å². The fourth-order valence-electron chi connectivity index (χ4n) is 3.48. The Kier molecular flexibility index (Phi) is 6.02. The fourth-order valence-corrected chi connectivity index (χ4v) is 3.78. The minimum atomic E-state index is 0.281. The molecule has 134 valence electrons. The van der Waals surface area contributed by atoms with E-state index in [9.17, 15) is 0 Å². The molecule has 3 nitrogen and oxygen atoms in total. The third kappa shape index (κ3) is 4.36. The molecule has 0 radical (unpaired) electrons. The van der Waals surface area contributed by atoms with Crippen molar-refractivity contribution in [2.75, 3.05) is 6.61 Å². The Morgan fingerprint density at radius 1 is 1.16 bits per heavy atom. The van der Waals surface area contributed by atoms with Gasteiger partial charge in [-0.25, -0.2) is 4.98 Å². The molecule has 1 aromatic carbocycles. The van der Waals surface area contributed by atoms with E-state index < -0.39 is 0 Å². The number of benzene rings is 1. The lowest BCUT2D eigenvalue weighted by atomic mass is 9.96. The van der Waals surface area contributed by atoms with Gasteiger partial charge in [-0.3, -0.25) is 0 Å². The lowest BCUT2D eigenvalue weighted by molar-refractivity contribution is 0.0747. The Balaban J connectivity index is 1.99. The molecule has 0 N–H and O–H groups in total. The van der Waals surface area contributed by atoms with Crippen LogP contribution in [-0.4, -0.2) is 22.3 Å². The monoisotopic (exact) mass is 356 g/mol. The van der Waals surface area contributed by atoms with E-state index in [2.05, 4.69) is 49.6 Å². The number of hydrogen-bond donors (Lipinski definition) is 0. The molecule has 3 rings (SSSR count). The Bertz CT molecular complexity index is 778. The molecule has 0 aliphatic heterocycles. The summed E-state index contributed by atoms with van der Waals surface area (Å²) in [5.74, 6) is 1.01. The predicted octanol–water partition coefficient (Wildman–Crippen LogP) is 5.28. The molecule has 0 bridgehead atoms. The Hall–Kier alpha value is -1.52. The van der Waals surface area contributed by atoms with Gasteiger partial charge in [-0.05, 0) is 52.9 Å². The molecule has 1 aliphatic carbocycles. The van der Waals surface area contributed by atoms with E-state index in [1.54, 1.807) is 0 Å². The van der Waals surface area contributed by atoms with Gasteiger partial charge in [0.2, 0.25) is 0 Å². The van der Waals surface area contributed by atoms with Crippen molar-refractivity contribution < 1.29 is 4.74 Å². The zero-order valence-corrected chi connectivity index (χ0v) is 16.4. The SMILES string of the molecule is Cc1ccc(-c2nc(=S)c3c(n2CCCOC(C)C)CCCC3)cc1. The second-order valence-corrected chi connectivity index (χ2v) is 7.55. The van der Waals surface area contributed by atoms with Gasteiger partial charge in [-0.1, -0.05) is 42.0 Å². The van der Waals surface area contributed by atoms with E-state index >= 15 is 0 Å². The molecular formula is C21H28N2OS. The minimum absolute atomic E-state index is 0.281. The van der Waals surface area contributed by atoms with Gasteiger partial charge in [0.05, 0.1) is 6.10 Å². The predicted molar refractivity (Wildman–Crippen MR) is 106 cm³/mol. The first-order chi connectivity index (χ1) is 12.1. The van der Waals surface area contributed by atoms with Crippen LogP contribution in [0.3, 0.4) is 0 Å². The Morgan fingerprint density at radius 3 is 2.60 bits per heavy atom. The van der Waals surface area contributed by atoms with Crippen molar-refractivity contribution >= 4 is 12.2 Å². The van der Waals surface area contributed by atoms with Gasteiger partial charge in [0, 0.05) is 30.0 Å². The largest absolute Gasteiger partial charge is 0.379 e. The van der Waals surface area contributed by atoms with Crippen LogP contribution in [0, 0.1) is 11.6 Å². The van der Waals surface area contributed by atoms with Crippen molar-refractivity contribution in [2.45, 2.75) is 65.5 Å². The standard InChI is InChI=1S/C21H28N2OS/c1-15(2)24-14-6-13-23-19-8-5-4-7-18(19)21(25)22-20(23)17-11-9-16(3)10-12-17/h9-12,15H,4-8,13-14H2,1-3H3. The molecule has 0 saturated carbocycles. The smallest absolute Gasteiger partial charge is 0.141 e. The normalized spacial score (nSPS) is 13.9. The van der Waals surface area contributed by atoms with Crippen LogP contribution >= 0.6 is 12.2 Å². The average Bonchev–Trinajstić information content (AvgIpc) is 2.60. The fraction of sp³-hybridized carbons (Fsp3) is 0.524. The summed E-state index contributed by atoms with van der Waals surface area (Å²) in [6.45, 7) is 7.99. The van der Waals surface area contributed by atoms with Crippen LogP contribution in [0.1, 0.15) is 49.9 Å². The highest BCUT2D eigenvalue weighted by Gasteiger charge is 2.19. The molecule has 2 aromatic rings. The van der Waals surface area contributed by atoms with Crippen molar-refractivity contribution in [3.05, 3.63) is 45.7 Å². The number of ether oxygens (including phenoxy) is 1. The van der Waals surface area contributed by atoms with E-state index in [-0.39, 0.29) is 6.10 Å². The molecule has 25 heavy (non-hydrogen) atoms. The maximum absolute atomic E-state index is 5.74. The van der Waals surface area contributed by atoms with E-state index in [0.717, 1.165) is 48.4 Å². The van der Waals surface area contributed by atoms with E-state index in [1.165, 1.54) is 29.7 Å². The molecule has 0 unspecified atom stereocenters. The second-order valence-electron chi connectivity index (χ2n) is 7.16. The summed E-state index contributed by atoms with van der Waals surface area (Å²) in [5.41, 5.74) is 5.10. The van der Waals surface area contributed by atoms with E-state index in [1.807, 2.05) is 0 Å². The first-order valence-electron chi connectivity index (χ1n) is 9.37. The van der Waals surface area contributed by atoms with Crippen LogP contribution in [0.25, 0.3) is 11.4 Å². The van der Waals surface area contributed by atoms with Crippen molar-refractivity contribution in [3.63, 3.8) is 0 Å². The lowest BCUT2D eigenvalue weighted by Crippen LogP contribution is -2.19. The Labute approximate surface area is 156 Å². The molecule has 4 heteroatoms. The minimum Gasteiger partial charge on any atom is -0.379 e. The van der Waals surface area contributed by atoms with Gasteiger partial charge in [-0.2, -0.15) is 0 Å². The first kappa shape index (κ1) is 18.3. The molecule has 0 saturated heterocycles. The quantitative estimate of drug-likeness (QED) is 0.520. The summed E-state index contributed by atoms with van der Waals surface area (Å²) in [6.07, 6.45) is 5.90. The van der Waals surface area contributed by atoms with Gasteiger partial charge < -0.3 is 9.30 Å². The molecule has 0 amide bonds. The zero-order valence-electron chi connectivity index (χ0n) is 15.5. The lowest BCUT2D eigenvalue weighted by Gasteiger charge is -2.24. The maximum Gasteiger partial charge on any atom is 0.141 e. The maximum atomic E-state index is 5.74.